The van der Waals surface area contributed by atoms with Gasteiger partial charge in [0, 0.05) is 15.6 Å². The van der Waals surface area contributed by atoms with E-state index in [9.17, 15) is 4.79 Å². The van der Waals surface area contributed by atoms with Gasteiger partial charge in [0.15, 0.2) is 5.78 Å². The maximum Gasteiger partial charge on any atom is 0.193 e. The van der Waals surface area contributed by atoms with Crippen LogP contribution < -0.4 is 5.06 Å². The summed E-state index contributed by atoms with van der Waals surface area (Å²) in [6, 6.07) is 14.8. The lowest BCUT2D eigenvalue weighted by atomic mass is 10.0. The fourth-order valence-corrected chi connectivity index (χ4v) is 2.43. The van der Waals surface area contributed by atoms with Gasteiger partial charge in [0.05, 0.1) is 12.2 Å². The third kappa shape index (κ3) is 3.00. The third-order valence-corrected chi connectivity index (χ3v) is 3.85. The Hall–Kier alpha value is -2.07. The van der Waals surface area contributed by atoms with Crippen LogP contribution in [-0.4, -0.2) is 12.3 Å². The fraction of sp³-hybridized carbons (Fsp3) is 0.118. The number of carbonyl (C=O) groups is 1. The van der Waals surface area contributed by atoms with Crippen LogP contribution in [0.4, 0.5) is 5.69 Å². The Morgan fingerprint density at radius 1 is 1.05 bits per heavy atom. The molecule has 3 rings (SSSR count). The highest BCUT2D eigenvalue weighted by molar-refractivity contribution is 9.10. The molecule has 21 heavy (non-hydrogen) atoms. The molecular formula is C17H14BrNO2. The zero-order valence-corrected chi connectivity index (χ0v) is 13.1. The van der Waals surface area contributed by atoms with Crippen LogP contribution in [0.15, 0.2) is 64.8 Å². The number of hydrogen-bond acceptors (Lipinski definition) is 3. The second-order valence-corrected chi connectivity index (χ2v) is 5.77. The summed E-state index contributed by atoms with van der Waals surface area (Å²) in [6.07, 6.45) is 2.01. The number of halogens is 1. The third-order valence-electron chi connectivity index (χ3n) is 3.32. The van der Waals surface area contributed by atoms with Crippen molar-refractivity contribution in [3.63, 3.8) is 0 Å². The lowest BCUT2D eigenvalue weighted by molar-refractivity contribution is 0.103. The van der Waals surface area contributed by atoms with Gasteiger partial charge in [-0.25, -0.2) is 5.06 Å². The monoisotopic (exact) mass is 343 g/mol. The topological polar surface area (TPSA) is 29.5 Å². The van der Waals surface area contributed by atoms with Crippen molar-refractivity contribution >= 4 is 27.4 Å². The van der Waals surface area contributed by atoms with Gasteiger partial charge in [0.1, 0.15) is 5.76 Å². The molecule has 0 saturated carbocycles. The van der Waals surface area contributed by atoms with Crippen LogP contribution >= 0.6 is 15.9 Å². The Labute approximate surface area is 131 Å². The smallest absolute Gasteiger partial charge is 0.193 e. The minimum absolute atomic E-state index is 0.0192. The highest BCUT2D eigenvalue weighted by Gasteiger charge is 2.14. The number of hydroxylamine groups is 1. The van der Waals surface area contributed by atoms with Crippen molar-refractivity contribution in [1.82, 2.24) is 0 Å². The van der Waals surface area contributed by atoms with Crippen LogP contribution in [0.1, 0.15) is 22.8 Å². The summed E-state index contributed by atoms with van der Waals surface area (Å²) < 4.78 is 0.962. The number of carbonyl (C=O) groups excluding carboxylic acids is 1. The van der Waals surface area contributed by atoms with Gasteiger partial charge >= 0.3 is 0 Å². The van der Waals surface area contributed by atoms with Crippen LogP contribution in [0.25, 0.3) is 0 Å². The van der Waals surface area contributed by atoms with E-state index in [0.717, 1.165) is 22.5 Å². The summed E-state index contributed by atoms with van der Waals surface area (Å²) in [4.78, 5) is 17.9. The summed E-state index contributed by atoms with van der Waals surface area (Å²) in [5, 5.41) is 1.79. The molecule has 1 aliphatic heterocycles. The molecule has 3 nitrogen and oxygen atoms in total. The number of nitrogens with zero attached hydrogens (tertiary/aromatic N) is 1. The number of hydrogen-bond donors (Lipinski definition) is 0. The van der Waals surface area contributed by atoms with E-state index in [1.165, 1.54) is 0 Å². The van der Waals surface area contributed by atoms with Crippen molar-refractivity contribution < 1.29 is 9.63 Å². The van der Waals surface area contributed by atoms with Gasteiger partial charge in [-0.05, 0) is 61.5 Å². The van der Waals surface area contributed by atoms with Gasteiger partial charge < -0.3 is 4.84 Å². The number of rotatable bonds is 3. The molecule has 4 heteroatoms. The van der Waals surface area contributed by atoms with E-state index >= 15 is 0 Å². The lowest BCUT2D eigenvalue weighted by Gasteiger charge is -2.17. The van der Waals surface area contributed by atoms with E-state index in [2.05, 4.69) is 15.9 Å². The molecule has 0 bridgehead atoms. The normalized spacial score (nSPS) is 13.8. The Bertz CT molecular complexity index is 690. The highest BCUT2D eigenvalue weighted by atomic mass is 79.9. The molecule has 2 aromatic rings. The first kappa shape index (κ1) is 13.9. The van der Waals surface area contributed by atoms with E-state index in [0.29, 0.717) is 11.1 Å². The van der Waals surface area contributed by atoms with E-state index in [-0.39, 0.29) is 5.78 Å². The Kier molecular flexibility index (Phi) is 3.80. The van der Waals surface area contributed by atoms with Crippen LogP contribution in [-0.2, 0) is 4.84 Å². The molecular weight excluding hydrogens is 330 g/mol. The summed E-state index contributed by atoms with van der Waals surface area (Å²) >= 11 is 3.37. The summed E-state index contributed by atoms with van der Waals surface area (Å²) in [7, 11) is 0. The van der Waals surface area contributed by atoms with Crippen molar-refractivity contribution in [3.8, 4) is 0 Å². The molecule has 0 amide bonds. The van der Waals surface area contributed by atoms with Gasteiger partial charge in [-0.15, -0.1) is 0 Å². The first-order chi connectivity index (χ1) is 10.1. The van der Waals surface area contributed by atoms with Crippen LogP contribution in [0, 0.1) is 0 Å². The molecule has 0 atom stereocenters. The predicted octanol–water partition coefficient (Wildman–Crippen LogP) is 4.34. The second kappa shape index (κ2) is 5.74. The molecule has 0 N–H and O–H groups in total. The van der Waals surface area contributed by atoms with E-state index in [1.807, 2.05) is 61.5 Å². The van der Waals surface area contributed by atoms with E-state index in [1.54, 1.807) is 5.06 Å². The first-order valence-corrected chi connectivity index (χ1v) is 7.45. The van der Waals surface area contributed by atoms with Crippen molar-refractivity contribution in [2.45, 2.75) is 6.92 Å². The zero-order chi connectivity index (χ0) is 14.8. The van der Waals surface area contributed by atoms with Gasteiger partial charge in [-0.2, -0.15) is 0 Å². The molecule has 0 saturated heterocycles. The molecule has 106 valence electrons. The van der Waals surface area contributed by atoms with Crippen LogP contribution in [0.2, 0.25) is 0 Å². The van der Waals surface area contributed by atoms with E-state index < -0.39 is 0 Å². The largest absolute Gasteiger partial charge is 0.384 e. The molecule has 2 aromatic carbocycles. The quantitative estimate of drug-likeness (QED) is 0.776. The van der Waals surface area contributed by atoms with Gasteiger partial charge in [-0.1, -0.05) is 15.9 Å². The summed E-state index contributed by atoms with van der Waals surface area (Å²) in [5.41, 5.74) is 2.29. The molecule has 0 aliphatic carbocycles. The Morgan fingerprint density at radius 2 is 1.62 bits per heavy atom. The number of ketones is 1. The number of benzene rings is 2. The molecule has 1 aliphatic rings. The van der Waals surface area contributed by atoms with Crippen molar-refractivity contribution in [1.29, 1.82) is 0 Å². The Balaban J connectivity index is 1.77. The van der Waals surface area contributed by atoms with Crippen molar-refractivity contribution in [2.75, 3.05) is 11.6 Å². The predicted molar refractivity (Wildman–Crippen MR) is 86.2 cm³/mol. The van der Waals surface area contributed by atoms with Crippen LogP contribution in [0.3, 0.4) is 0 Å². The molecule has 0 unspecified atom stereocenters. The molecule has 1 heterocycles. The van der Waals surface area contributed by atoms with Crippen molar-refractivity contribution in [2.24, 2.45) is 0 Å². The summed E-state index contributed by atoms with van der Waals surface area (Å²) in [5.74, 6) is 0.913. The van der Waals surface area contributed by atoms with Crippen LogP contribution in [0.5, 0.6) is 0 Å². The van der Waals surface area contributed by atoms with E-state index in [4.69, 9.17) is 4.84 Å². The maximum atomic E-state index is 12.4. The highest BCUT2D eigenvalue weighted by Crippen LogP contribution is 2.22. The Morgan fingerprint density at radius 3 is 2.14 bits per heavy atom. The average Bonchev–Trinajstić information content (AvgIpc) is 2.94. The number of allylic oxidation sites excluding steroid dienone is 1. The molecule has 0 spiro atoms. The summed E-state index contributed by atoms with van der Waals surface area (Å²) in [6.45, 7) is 2.65. The zero-order valence-electron chi connectivity index (χ0n) is 11.5. The minimum Gasteiger partial charge on any atom is -0.384 e. The maximum absolute atomic E-state index is 12.4. The molecule has 0 aromatic heterocycles. The van der Waals surface area contributed by atoms with Gasteiger partial charge in [0.2, 0.25) is 0 Å². The first-order valence-electron chi connectivity index (χ1n) is 6.66. The minimum atomic E-state index is 0.0192. The molecule has 0 radical (unpaired) electrons. The van der Waals surface area contributed by atoms with Gasteiger partial charge in [0.25, 0.3) is 0 Å². The lowest BCUT2D eigenvalue weighted by Crippen LogP contribution is -2.17. The average molecular weight is 344 g/mol. The standard InChI is InChI=1S/C17H14BrNO2/c1-12-10-11-19(21-12)16-8-4-14(5-9-16)17(20)13-2-6-15(18)7-3-13/h2-10H,11H2,1H3. The van der Waals surface area contributed by atoms with Crippen molar-refractivity contribution in [3.05, 3.63) is 76.0 Å². The molecule has 0 fully saturated rings. The van der Waals surface area contributed by atoms with Gasteiger partial charge in [-0.3, -0.25) is 4.79 Å². The fourth-order valence-electron chi connectivity index (χ4n) is 2.16. The second-order valence-electron chi connectivity index (χ2n) is 4.85. The SMILES string of the molecule is CC1=CCN(c2ccc(C(=O)c3ccc(Br)cc3)cc2)O1. The number of anilines is 1.